The van der Waals surface area contributed by atoms with Gasteiger partial charge < -0.3 is 5.32 Å². The quantitative estimate of drug-likeness (QED) is 0.747. The zero-order valence-corrected chi connectivity index (χ0v) is 13.6. The molecule has 0 saturated heterocycles. The second-order valence-corrected chi connectivity index (χ2v) is 6.13. The molecule has 0 radical (unpaired) electrons. The van der Waals surface area contributed by atoms with Crippen LogP contribution in [0.5, 0.6) is 0 Å². The maximum Gasteiger partial charge on any atom is 0.257 e. The zero-order chi connectivity index (χ0) is 14.7. The minimum Gasteiger partial charge on any atom is -0.319 e. The van der Waals surface area contributed by atoms with Gasteiger partial charge in [-0.1, -0.05) is 27.5 Å². The molecule has 1 N–H and O–H groups in total. The molecule has 0 aliphatic heterocycles. The van der Waals surface area contributed by atoms with Crippen molar-refractivity contribution in [2.24, 2.45) is 0 Å². The summed E-state index contributed by atoms with van der Waals surface area (Å²) in [5.41, 5.74) is 0.435. The van der Waals surface area contributed by atoms with Crippen LogP contribution in [0.4, 0.5) is 10.1 Å². The first-order valence-electron chi connectivity index (χ1n) is 5.61. The molecule has 0 heterocycles. The van der Waals surface area contributed by atoms with Gasteiger partial charge in [0.1, 0.15) is 5.82 Å². The van der Waals surface area contributed by atoms with Crippen molar-refractivity contribution in [1.29, 1.82) is 0 Å². The van der Waals surface area contributed by atoms with Crippen molar-refractivity contribution in [3.63, 3.8) is 0 Å². The lowest BCUT2D eigenvalue weighted by Gasteiger charge is -2.09. The fourth-order valence-electron chi connectivity index (χ4n) is 1.59. The van der Waals surface area contributed by atoms with E-state index in [4.69, 9.17) is 11.6 Å². The number of hydrogen-bond donors (Lipinski definition) is 1. The Labute approximate surface area is 133 Å². The molecule has 0 bridgehead atoms. The lowest BCUT2D eigenvalue weighted by Crippen LogP contribution is -2.13. The summed E-state index contributed by atoms with van der Waals surface area (Å²) in [6.45, 7) is 0. The van der Waals surface area contributed by atoms with Gasteiger partial charge in [-0.05, 0) is 42.7 Å². The largest absolute Gasteiger partial charge is 0.319 e. The van der Waals surface area contributed by atoms with Crippen molar-refractivity contribution in [1.82, 2.24) is 0 Å². The van der Waals surface area contributed by atoms with Crippen molar-refractivity contribution >= 4 is 50.9 Å². The van der Waals surface area contributed by atoms with Gasteiger partial charge in [0.15, 0.2) is 0 Å². The Hall–Kier alpha value is -1.04. The number of nitrogens with one attached hydrogen (secondary N) is 1. The van der Waals surface area contributed by atoms with E-state index in [2.05, 4.69) is 21.2 Å². The number of carbonyl (C=O) groups is 1. The van der Waals surface area contributed by atoms with Crippen molar-refractivity contribution < 1.29 is 9.18 Å². The molecule has 2 aromatic rings. The maximum atomic E-state index is 13.7. The molecule has 0 aliphatic rings. The molecule has 0 aliphatic carbocycles. The van der Waals surface area contributed by atoms with Gasteiger partial charge in [0.2, 0.25) is 0 Å². The smallest absolute Gasteiger partial charge is 0.257 e. The molecule has 0 atom stereocenters. The summed E-state index contributed by atoms with van der Waals surface area (Å²) in [5, 5.41) is 2.85. The van der Waals surface area contributed by atoms with Crippen LogP contribution in [-0.4, -0.2) is 12.2 Å². The predicted octanol–water partition coefficient (Wildman–Crippen LogP) is 5.22. The summed E-state index contributed by atoms with van der Waals surface area (Å²) in [4.78, 5) is 13.1. The summed E-state index contributed by atoms with van der Waals surface area (Å²) in [6.07, 6.45) is 1.90. The predicted molar refractivity (Wildman–Crippen MR) is 85.3 cm³/mol. The van der Waals surface area contributed by atoms with Gasteiger partial charge in [0.05, 0.1) is 16.3 Å². The number of benzene rings is 2. The van der Waals surface area contributed by atoms with Gasteiger partial charge in [-0.25, -0.2) is 4.39 Å². The van der Waals surface area contributed by atoms with Crippen molar-refractivity contribution in [3.8, 4) is 0 Å². The molecule has 6 heteroatoms. The van der Waals surface area contributed by atoms with Crippen LogP contribution in [0.3, 0.4) is 0 Å². The number of anilines is 1. The maximum absolute atomic E-state index is 13.7. The first-order chi connectivity index (χ1) is 9.51. The third-order valence-electron chi connectivity index (χ3n) is 2.60. The normalized spacial score (nSPS) is 10.4. The number of amides is 1. The van der Waals surface area contributed by atoms with Gasteiger partial charge >= 0.3 is 0 Å². The molecular weight excluding hydrogens is 365 g/mol. The minimum atomic E-state index is -0.509. The van der Waals surface area contributed by atoms with E-state index >= 15 is 0 Å². The Balaban J connectivity index is 2.28. The van der Waals surface area contributed by atoms with Crippen molar-refractivity contribution in [2.75, 3.05) is 11.6 Å². The second-order valence-electron chi connectivity index (χ2n) is 3.92. The number of rotatable bonds is 3. The number of halogens is 3. The lowest BCUT2D eigenvalue weighted by molar-refractivity contribution is 0.102. The molecule has 104 valence electrons. The first-order valence-corrected chi connectivity index (χ1v) is 8.01. The summed E-state index contributed by atoms with van der Waals surface area (Å²) >= 11 is 10.7. The molecule has 0 spiro atoms. The fourth-order valence-corrected chi connectivity index (χ4v) is 2.56. The van der Waals surface area contributed by atoms with E-state index < -0.39 is 11.7 Å². The molecule has 0 fully saturated rings. The summed E-state index contributed by atoms with van der Waals surface area (Å²) in [7, 11) is 0. The Bertz CT molecular complexity index is 666. The summed E-state index contributed by atoms with van der Waals surface area (Å²) in [5.74, 6) is -0.947. The van der Waals surface area contributed by atoms with Crippen LogP contribution in [0.2, 0.25) is 5.02 Å². The third-order valence-corrected chi connectivity index (χ3v) is 4.15. The van der Waals surface area contributed by atoms with Crippen molar-refractivity contribution in [3.05, 3.63) is 57.3 Å². The van der Waals surface area contributed by atoms with Crippen LogP contribution in [0, 0.1) is 5.82 Å². The van der Waals surface area contributed by atoms with E-state index in [0.717, 1.165) is 4.90 Å². The van der Waals surface area contributed by atoms with Gasteiger partial charge in [-0.3, -0.25) is 4.79 Å². The van der Waals surface area contributed by atoms with Crippen molar-refractivity contribution in [2.45, 2.75) is 4.90 Å². The van der Waals surface area contributed by atoms with Gasteiger partial charge in [-0.2, -0.15) is 0 Å². The highest BCUT2D eigenvalue weighted by molar-refractivity contribution is 9.10. The minimum absolute atomic E-state index is 0.115. The van der Waals surface area contributed by atoms with E-state index in [0.29, 0.717) is 15.1 Å². The number of carbonyl (C=O) groups excluding carboxylic acids is 1. The average Bonchev–Trinajstić information content (AvgIpc) is 2.42. The molecule has 2 aromatic carbocycles. The van der Waals surface area contributed by atoms with Gasteiger partial charge in [0.25, 0.3) is 5.91 Å². The second kappa shape index (κ2) is 6.61. The fraction of sp³-hybridized carbons (Fsp3) is 0.0714. The number of thioether (sulfide) groups is 1. The van der Waals surface area contributed by atoms with E-state index in [1.807, 2.05) is 12.3 Å². The molecule has 2 rings (SSSR count). The molecular formula is C14H10BrClFNOS. The Morgan fingerprint density at radius 1 is 1.30 bits per heavy atom. The van der Waals surface area contributed by atoms with Gasteiger partial charge in [0, 0.05) is 9.37 Å². The SMILES string of the molecule is CSc1ccc(Cl)c(C(=O)Nc2ccc(Br)cc2F)c1. The van der Waals surface area contributed by atoms with Crippen LogP contribution in [0.25, 0.3) is 0 Å². The lowest BCUT2D eigenvalue weighted by atomic mass is 10.2. The van der Waals surface area contributed by atoms with E-state index in [1.54, 1.807) is 18.2 Å². The van der Waals surface area contributed by atoms with Crippen LogP contribution < -0.4 is 5.32 Å². The Morgan fingerprint density at radius 2 is 2.05 bits per heavy atom. The molecule has 2 nitrogen and oxygen atoms in total. The highest BCUT2D eigenvalue weighted by atomic mass is 79.9. The zero-order valence-electron chi connectivity index (χ0n) is 10.4. The van der Waals surface area contributed by atoms with E-state index in [1.165, 1.54) is 23.9 Å². The molecule has 0 saturated carbocycles. The average molecular weight is 375 g/mol. The molecule has 20 heavy (non-hydrogen) atoms. The van der Waals surface area contributed by atoms with Crippen LogP contribution >= 0.6 is 39.3 Å². The molecule has 1 amide bonds. The summed E-state index contributed by atoms with van der Waals surface area (Å²) < 4.78 is 14.3. The summed E-state index contributed by atoms with van der Waals surface area (Å²) in [6, 6.07) is 9.58. The van der Waals surface area contributed by atoms with Crippen LogP contribution in [0.15, 0.2) is 45.8 Å². The van der Waals surface area contributed by atoms with Gasteiger partial charge in [-0.15, -0.1) is 11.8 Å². The standard InChI is InChI=1S/C14H10BrClFNOS/c1-20-9-3-4-11(16)10(7-9)14(19)18-13-5-2-8(15)6-12(13)17/h2-7H,1H3,(H,18,19). The van der Waals surface area contributed by atoms with E-state index in [-0.39, 0.29) is 5.69 Å². The third kappa shape index (κ3) is 3.53. The molecule has 0 unspecified atom stereocenters. The van der Waals surface area contributed by atoms with Crippen LogP contribution in [-0.2, 0) is 0 Å². The monoisotopic (exact) mass is 373 g/mol. The highest BCUT2D eigenvalue weighted by Gasteiger charge is 2.13. The van der Waals surface area contributed by atoms with Crippen LogP contribution in [0.1, 0.15) is 10.4 Å². The topological polar surface area (TPSA) is 29.1 Å². The molecule has 0 aromatic heterocycles. The first kappa shape index (κ1) is 15.4. The Kier molecular flexibility index (Phi) is 5.07. The number of hydrogen-bond acceptors (Lipinski definition) is 2. The Morgan fingerprint density at radius 3 is 2.70 bits per heavy atom. The highest BCUT2D eigenvalue weighted by Crippen LogP contribution is 2.25. The van der Waals surface area contributed by atoms with E-state index in [9.17, 15) is 9.18 Å².